The van der Waals surface area contributed by atoms with Gasteiger partial charge in [-0.05, 0) is 39.3 Å². The Labute approximate surface area is 82.3 Å². The van der Waals surface area contributed by atoms with Gasteiger partial charge in [-0.15, -0.1) is 0 Å². The summed E-state index contributed by atoms with van der Waals surface area (Å²) in [5.74, 6) is 0.587. The number of hydrogen-bond acceptors (Lipinski definition) is 2. The molecular weight excluding hydrogens is 162 g/mol. The SMILES string of the molecule is CC(C)C(C)(C)OCCN1CCC1. The molecule has 0 unspecified atom stereocenters. The molecule has 1 aliphatic rings. The molecule has 0 spiro atoms. The van der Waals surface area contributed by atoms with E-state index in [0.717, 1.165) is 13.2 Å². The van der Waals surface area contributed by atoms with Crippen molar-refractivity contribution in [1.29, 1.82) is 0 Å². The van der Waals surface area contributed by atoms with Crippen LogP contribution in [-0.2, 0) is 4.74 Å². The Bertz CT molecular complexity index is 150. The number of nitrogens with zero attached hydrogens (tertiary/aromatic N) is 1. The second kappa shape index (κ2) is 4.43. The lowest BCUT2D eigenvalue weighted by Crippen LogP contribution is -2.41. The van der Waals surface area contributed by atoms with Crippen LogP contribution in [0, 0.1) is 5.92 Å². The van der Waals surface area contributed by atoms with Crippen LogP contribution in [0.5, 0.6) is 0 Å². The molecule has 13 heavy (non-hydrogen) atoms. The molecule has 1 saturated heterocycles. The summed E-state index contributed by atoms with van der Waals surface area (Å²) in [5.41, 5.74) is 0.0326. The Balaban J connectivity index is 2.09. The third-order valence-electron chi connectivity index (χ3n) is 3.22. The van der Waals surface area contributed by atoms with E-state index in [1.54, 1.807) is 0 Å². The van der Waals surface area contributed by atoms with Crippen LogP contribution in [0.1, 0.15) is 34.1 Å². The van der Waals surface area contributed by atoms with Crippen LogP contribution in [-0.4, -0.2) is 36.7 Å². The summed E-state index contributed by atoms with van der Waals surface area (Å²) >= 11 is 0. The molecule has 0 amide bonds. The highest BCUT2D eigenvalue weighted by Crippen LogP contribution is 2.20. The van der Waals surface area contributed by atoms with Gasteiger partial charge in [0, 0.05) is 6.54 Å². The van der Waals surface area contributed by atoms with Gasteiger partial charge in [0.15, 0.2) is 0 Å². The smallest absolute Gasteiger partial charge is 0.0649 e. The second-order valence-electron chi connectivity index (χ2n) is 4.80. The maximum atomic E-state index is 5.86. The van der Waals surface area contributed by atoms with Gasteiger partial charge >= 0.3 is 0 Å². The normalized spacial score (nSPS) is 19.2. The molecule has 0 aliphatic carbocycles. The molecule has 2 nitrogen and oxygen atoms in total. The highest BCUT2D eigenvalue weighted by Gasteiger charge is 2.23. The maximum absolute atomic E-state index is 5.86. The van der Waals surface area contributed by atoms with E-state index in [0.29, 0.717) is 5.92 Å². The molecule has 0 bridgehead atoms. The Hall–Kier alpha value is -0.0800. The van der Waals surface area contributed by atoms with Crippen molar-refractivity contribution < 1.29 is 4.74 Å². The van der Waals surface area contributed by atoms with Gasteiger partial charge in [0.05, 0.1) is 12.2 Å². The van der Waals surface area contributed by atoms with Crippen LogP contribution in [0.2, 0.25) is 0 Å². The molecule has 0 N–H and O–H groups in total. The second-order valence-corrected chi connectivity index (χ2v) is 4.80. The van der Waals surface area contributed by atoms with E-state index in [4.69, 9.17) is 4.74 Å². The summed E-state index contributed by atoms with van der Waals surface area (Å²) in [4.78, 5) is 2.44. The van der Waals surface area contributed by atoms with Crippen molar-refractivity contribution in [3.05, 3.63) is 0 Å². The monoisotopic (exact) mass is 185 g/mol. The number of hydrogen-bond donors (Lipinski definition) is 0. The molecule has 2 heteroatoms. The molecule has 78 valence electrons. The van der Waals surface area contributed by atoms with E-state index in [-0.39, 0.29) is 5.60 Å². The third-order valence-corrected chi connectivity index (χ3v) is 3.22. The van der Waals surface area contributed by atoms with E-state index in [2.05, 4.69) is 32.6 Å². The molecule has 0 atom stereocenters. The highest BCUT2D eigenvalue weighted by molar-refractivity contribution is 4.74. The first kappa shape index (κ1) is 11.0. The Morgan fingerprint density at radius 1 is 1.31 bits per heavy atom. The van der Waals surface area contributed by atoms with Gasteiger partial charge in [0.1, 0.15) is 0 Å². The summed E-state index contributed by atoms with van der Waals surface area (Å²) in [6.07, 6.45) is 1.37. The zero-order valence-corrected chi connectivity index (χ0v) is 9.47. The third kappa shape index (κ3) is 3.28. The van der Waals surface area contributed by atoms with Gasteiger partial charge in [-0.2, -0.15) is 0 Å². The van der Waals surface area contributed by atoms with Gasteiger partial charge in [0.2, 0.25) is 0 Å². The zero-order chi connectivity index (χ0) is 9.90. The summed E-state index contributed by atoms with van der Waals surface area (Å²) in [6, 6.07) is 0. The van der Waals surface area contributed by atoms with Crippen molar-refractivity contribution in [3.8, 4) is 0 Å². The van der Waals surface area contributed by atoms with Gasteiger partial charge < -0.3 is 9.64 Å². The Morgan fingerprint density at radius 2 is 1.92 bits per heavy atom. The minimum atomic E-state index is 0.0326. The van der Waals surface area contributed by atoms with Crippen molar-refractivity contribution in [1.82, 2.24) is 4.90 Å². The molecule has 1 rings (SSSR count). The fourth-order valence-corrected chi connectivity index (χ4v) is 1.21. The number of ether oxygens (including phenoxy) is 1. The van der Waals surface area contributed by atoms with Crippen LogP contribution >= 0.6 is 0 Å². The topological polar surface area (TPSA) is 12.5 Å². The van der Waals surface area contributed by atoms with Crippen LogP contribution in [0.15, 0.2) is 0 Å². The van der Waals surface area contributed by atoms with Gasteiger partial charge in [-0.3, -0.25) is 0 Å². The van der Waals surface area contributed by atoms with E-state index in [1.165, 1.54) is 19.5 Å². The highest BCUT2D eigenvalue weighted by atomic mass is 16.5. The van der Waals surface area contributed by atoms with Crippen LogP contribution in [0.3, 0.4) is 0 Å². The summed E-state index contributed by atoms with van der Waals surface area (Å²) < 4.78 is 5.86. The van der Waals surface area contributed by atoms with Crippen molar-refractivity contribution in [3.63, 3.8) is 0 Å². The number of likely N-dealkylation sites (tertiary alicyclic amines) is 1. The number of rotatable bonds is 5. The summed E-state index contributed by atoms with van der Waals surface area (Å²) in [6.45, 7) is 13.3. The summed E-state index contributed by atoms with van der Waals surface area (Å²) in [5, 5.41) is 0. The van der Waals surface area contributed by atoms with Crippen molar-refractivity contribution in [2.24, 2.45) is 5.92 Å². The van der Waals surface area contributed by atoms with Crippen LogP contribution < -0.4 is 0 Å². The molecule has 0 aromatic heterocycles. The molecule has 0 radical (unpaired) electrons. The van der Waals surface area contributed by atoms with Crippen LogP contribution in [0.25, 0.3) is 0 Å². The lowest BCUT2D eigenvalue weighted by molar-refractivity contribution is -0.0606. The van der Waals surface area contributed by atoms with E-state index < -0.39 is 0 Å². The molecule has 0 aromatic carbocycles. The molecule has 0 saturated carbocycles. The van der Waals surface area contributed by atoms with Crippen molar-refractivity contribution in [2.45, 2.75) is 39.7 Å². The van der Waals surface area contributed by atoms with Crippen LogP contribution in [0.4, 0.5) is 0 Å². The first-order valence-corrected chi connectivity index (χ1v) is 5.38. The molecule has 0 aromatic rings. The summed E-state index contributed by atoms with van der Waals surface area (Å²) in [7, 11) is 0. The fraction of sp³-hybridized carbons (Fsp3) is 1.00. The lowest BCUT2D eigenvalue weighted by Gasteiger charge is -2.34. The standard InChI is InChI=1S/C11H23NO/c1-10(2)11(3,4)13-9-8-12-6-5-7-12/h10H,5-9H2,1-4H3. The van der Waals surface area contributed by atoms with Crippen molar-refractivity contribution in [2.75, 3.05) is 26.2 Å². The van der Waals surface area contributed by atoms with Gasteiger partial charge in [-0.1, -0.05) is 13.8 Å². The predicted molar refractivity (Wildman–Crippen MR) is 55.9 cm³/mol. The van der Waals surface area contributed by atoms with E-state index in [9.17, 15) is 0 Å². The fourth-order valence-electron chi connectivity index (χ4n) is 1.21. The lowest BCUT2D eigenvalue weighted by atomic mass is 9.95. The minimum Gasteiger partial charge on any atom is -0.374 e. The predicted octanol–water partition coefficient (Wildman–Crippen LogP) is 2.14. The van der Waals surface area contributed by atoms with E-state index >= 15 is 0 Å². The van der Waals surface area contributed by atoms with Gasteiger partial charge in [0.25, 0.3) is 0 Å². The first-order valence-electron chi connectivity index (χ1n) is 5.38. The molecular formula is C11H23NO. The molecule has 1 heterocycles. The largest absolute Gasteiger partial charge is 0.374 e. The quantitative estimate of drug-likeness (QED) is 0.650. The van der Waals surface area contributed by atoms with E-state index in [1.807, 2.05) is 0 Å². The zero-order valence-electron chi connectivity index (χ0n) is 9.47. The Morgan fingerprint density at radius 3 is 2.31 bits per heavy atom. The van der Waals surface area contributed by atoms with Gasteiger partial charge in [-0.25, -0.2) is 0 Å². The average molecular weight is 185 g/mol. The molecule has 1 aliphatic heterocycles. The average Bonchev–Trinajstić information content (AvgIpc) is 1.94. The minimum absolute atomic E-state index is 0.0326. The van der Waals surface area contributed by atoms with Crippen molar-refractivity contribution >= 4 is 0 Å². The first-order chi connectivity index (χ1) is 6.02. The Kier molecular flexibility index (Phi) is 3.74. The maximum Gasteiger partial charge on any atom is 0.0649 e. The molecule has 1 fully saturated rings.